The Bertz CT molecular complexity index is 670. The molecule has 7 nitrogen and oxygen atoms in total. The van der Waals surface area contributed by atoms with Crippen molar-refractivity contribution >= 4 is 27.4 Å². The summed E-state index contributed by atoms with van der Waals surface area (Å²) in [4.78, 5) is 18.4. The van der Waals surface area contributed by atoms with E-state index in [1.165, 1.54) is 6.07 Å². The predicted molar refractivity (Wildman–Crippen MR) is 76.8 cm³/mol. The second-order valence-electron chi connectivity index (χ2n) is 4.16. The van der Waals surface area contributed by atoms with Crippen LogP contribution in [0.1, 0.15) is 11.1 Å². The van der Waals surface area contributed by atoms with Crippen molar-refractivity contribution in [3.8, 4) is 11.8 Å². The van der Waals surface area contributed by atoms with Crippen LogP contribution in [-0.2, 0) is 0 Å². The Kier molecular flexibility index (Phi) is 3.84. The first-order chi connectivity index (χ1) is 9.36. The van der Waals surface area contributed by atoms with Crippen LogP contribution in [-0.4, -0.2) is 14.9 Å². The molecule has 0 aliphatic carbocycles. The average molecular weight is 339 g/mol. The number of aromatic nitrogens is 2. The molecule has 0 fully saturated rings. The Balaban J connectivity index is 2.39. The molecule has 104 valence electrons. The van der Waals surface area contributed by atoms with E-state index in [1.807, 2.05) is 0 Å². The lowest BCUT2D eigenvalue weighted by molar-refractivity contribution is -0.385. The maximum Gasteiger partial charge on any atom is 0.325 e. The number of nitro groups is 1. The van der Waals surface area contributed by atoms with Crippen molar-refractivity contribution in [2.75, 3.05) is 5.73 Å². The van der Waals surface area contributed by atoms with Gasteiger partial charge in [-0.25, -0.2) is 0 Å². The number of nitro benzene ring substituents is 1. The lowest BCUT2D eigenvalue weighted by atomic mass is 10.1. The molecule has 1 heterocycles. The zero-order chi connectivity index (χ0) is 14.9. The van der Waals surface area contributed by atoms with Gasteiger partial charge in [0.25, 0.3) is 5.69 Å². The normalized spacial score (nSPS) is 10.3. The van der Waals surface area contributed by atoms with Gasteiger partial charge >= 0.3 is 6.01 Å². The van der Waals surface area contributed by atoms with Crippen LogP contribution in [0.3, 0.4) is 0 Å². The molecule has 0 aliphatic rings. The monoisotopic (exact) mass is 338 g/mol. The summed E-state index contributed by atoms with van der Waals surface area (Å²) in [6.45, 7) is 3.35. The minimum absolute atomic E-state index is 0.0459. The predicted octanol–water partition coefficient (Wildman–Crippen LogP) is 3.14. The molecule has 1 aromatic heterocycles. The van der Waals surface area contributed by atoms with Gasteiger partial charge in [-0.05, 0) is 41.4 Å². The van der Waals surface area contributed by atoms with Gasteiger partial charge in [0.1, 0.15) is 16.2 Å². The van der Waals surface area contributed by atoms with Gasteiger partial charge < -0.3 is 10.5 Å². The summed E-state index contributed by atoms with van der Waals surface area (Å²) in [5.74, 6) is 0.712. The molecule has 20 heavy (non-hydrogen) atoms. The van der Waals surface area contributed by atoms with Crippen LogP contribution >= 0.6 is 15.9 Å². The Morgan fingerprint density at radius 3 is 2.55 bits per heavy atom. The number of nitrogen functional groups attached to an aromatic ring is 1. The van der Waals surface area contributed by atoms with Crippen molar-refractivity contribution in [1.29, 1.82) is 0 Å². The Labute approximate surface area is 123 Å². The number of ether oxygens (including phenoxy) is 1. The molecular formula is C12H11BrN4O3. The average Bonchev–Trinajstić information content (AvgIpc) is 2.31. The highest BCUT2D eigenvalue weighted by molar-refractivity contribution is 9.10. The summed E-state index contributed by atoms with van der Waals surface area (Å²) in [5.41, 5.74) is 6.75. The summed E-state index contributed by atoms with van der Waals surface area (Å²) in [6.07, 6.45) is 0. The second kappa shape index (κ2) is 5.41. The molecule has 0 atom stereocenters. The highest BCUT2D eigenvalue weighted by Gasteiger charge is 2.15. The first-order valence-electron chi connectivity index (χ1n) is 5.60. The minimum atomic E-state index is -0.431. The molecule has 2 aromatic rings. The van der Waals surface area contributed by atoms with Gasteiger partial charge in [-0.1, -0.05) is 0 Å². The molecule has 1 aromatic carbocycles. The van der Waals surface area contributed by atoms with Crippen LogP contribution in [0, 0.1) is 24.0 Å². The number of aryl methyl sites for hydroxylation is 2. The minimum Gasteiger partial charge on any atom is -0.424 e. The molecule has 0 saturated heterocycles. The second-order valence-corrected chi connectivity index (χ2v) is 4.97. The fourth-order valence-electron chi connectivity index (χ4n) is 1.64. The van der Waals surface area contributed by atoms with Crippen LogP contribution in [0.5, 0.6) is 11.8 Å². The van der Waals surface area contributed by atoms with Crippen LogP contribution in [0.4, 0.5) is 11.5 Å². The van der Waals surface area contributed by atoms with Crippen molar-refractivity contribution in [1.82, 2.24) is 9.97 Å². The fourth-order valence-corrected chi connectivity index (χ4v) is 2.02. The zero-order valence-corrected chi connectivity index (χ0v) is 12.3. The molecule has 0 radical (unpaired) electrons. The van der Waals surface area contributed by atoms with Gasteiger partial charge in [0.05, 0.1) is 4.92 Å². The maximum absolute atomic E-state index is 10.9. The largest absolute Gasteiger partial charge is 0.424 e. The summed E-state index contributed by atoms with van der Waals surface area (Å²) in [7, 11) is 0. The van der Waals surface area contributed by atoms with Crippen LogP contribution in [0.25, 0.3) is 0 Å². The number of rotatable bonds is 3. The Morgan fingerprint density at radius 1 is 1.25 bits per heavy atom. The van der Waals surface area contributed by atoms with Gasteiger partial charge in [0.2, 0.25) is 0 Å². The van der Waals surface area contributed by atoms with Gasteiger partial charge in [0, 0.05) is 17.7 Å². The topological polar surface area (TPSA) is 104 Å². The lowest BCUT2D eigenvalue weighted by Crippen LogP contribution is -1.99. The Morgan fingerprint density at radius 2 is 1.95 bits per heavy atom. The summed E-state index contributed by atoms with van der Waals surface area (Å²) in [6, 6.07) is 4.65. The summed E-state index contributed by atoms with van der Waals surface area (Å²) >= 11 is 3.19. The van der Waals surface area contributed by atoms with Crippen molar-refractivity contribution in [2.24, 2.45) is 0 Å². The summed E-state index contributed by atoms with van der Waals surface area (Å²) < 4.78 is 6.03. The molecule has 0 saturated carbocycles. The van der Waals surface area contributed by atoms with E-state index in [-0.39, 0.29) is 17.5 Å². The highest BCUT2D eigenvalue weighted by Crippen LogP contribution is 2.30. The maximum atomic E-state index is 10.9. The van der Waals surface area contributed by atoms with Crippen LogP contribution < -0.4 is 10.5 Å². The molecule has 2 N–H and O–H groups in total. The van der Waals surface area contributed by atoms with E-state index in [0.29, 0.717) is 21.5 Å². The first kappa shape index (κ1) is 14.2. The van der Waals surface area contributed by atoms with E-state index >= 15 is 0 Å². The zero-order valence-electron chi connectivity index (χ0n) is 10.8. The molecule has 8 heteroatoms. The smallest absolute Gasteiger partial charge is 0.325 e. The third kappa shape index (κ3) is 3.02. The first-order valence-corrected chi connectivity index (χ1v) is 6.39. The van der Waals surface area contributed by atoms with Gasteiger partial charge in [-0.15, -0.1) is 0 Å². The third-order valence-electron chi connectivity index (χ3n) is 2.59. The quantitative estimate of drug-likeness (QED) is 0.523. The van der Waals surface area contributed by atoms with Crippen molar-refractivity contribution in [2.45, 2.75) is 13.8 Å². The standard InChI is InChI=1S/C12H11BrN4O3/c1-6-4-9(7(2)3-8(6)17(18)19)20-12-15-10(13)5-11(14)16-12/h3-5H,1-2H3,(H2,14,15,16). The molecule has 0 unspecified atom stereocenters. The van der Waals surface area contributed by atoms with E-state index in [4.69, 9.17) is 10.5 Å². The van der Waals surface area contributed by atoms with E-state index in [1.54, 1.807) is 26.0 Å². The van der Waals surface area contributed by atoms with Gasteiger partial charge in [-0.3, -0.25) is 10.1 Å². The fraction of sp³-hybridized carbons (Fsp3) is 0.167. The van der Waals surface area contributed by atoms with Crippen LogP contribution in [0.2, 0.25) is 0 Å². The number of benzene rings is 1. The van der Waals surface area contributed by atoms with Crippen molar-refractivity contribution in [3.05, 3.63) is 44.0 Å². The van der Waals surface area contributed by atoms with Crippen molar-refractivity contribution < 1.29 is 9.66 Å². The van der Waals surface area contributed by atoms with E-state index in [2.05, 4.69) is 25.9 Å². The third-order valence-corrected chi connectivity index (χ3v) is 2.99. The lowest BCUT2D eigenvalue weighted by Gasteiger charge is -2.09. The molecule has 0 aliphatic heterocycles. The number of nitrogens with two attached hydrogens (primary N) is 1. The number of anilines is 1. The number of halogens is 1. The SMILES string of the molecule is Cc1cc([N+](=O)[O-])c(C)cc1Oc1nc(N)cc(Br)n1. The summed E-state index contributed by atoms with van der Waals surface area (Å²) in [5, 5.41) is 10.9. The molecular weight excluding hydrogens is 328 g/mol. The van der Waals surface area contributed by atoms with E-state index < -0.39 is 4.92 Å². The Hall–Kier alpha value is -2.22. The molecule has 0 bridgehead atoms. The number of hydrogen-bond acceptors (Lipinski definition) is 6. The van der Waals surface area contributed by atoms with Gasteiger partial charge in [0.15, 0.2) is 0 Å². The molecule has 2 rings (SSSR count). The number of hydrogen-bond donors (Lipinski definition) is 1. The van der Waals surface area contributed by atoms with E-state index in [0.717, 1.165) is 0 Å². The van der Waals surface area contributed by atoms with Crippen molar-refractivity contribution in [3.63, 3.8) is 0 Å². The molecule has 0 spiro atoms. The molecule has 0 amide bonds. The van der Waals surface area contributed by atoms with E-state index in [9.17, 15) is 10.1 Å². The van der Waals surface area contributed by atoms with Gasteiger partial charge in [-0.2, -0.15) is 9.97 Å². The number of nitrogens with zero attached hydrogens (tertiary/aromatic N) is 3. The highest BCUT2D eigenvalue weighted by atomic mass is 79.9. The van der Waals surface area contributed by atoms with Crippen LogP contribution in [0.15, 0.2) is 22.8 Å².